The Labute approximate surface area is 82.7 Å². The molecule has 0 spiro atoms. The summed E-state index contributed by atoms with van der Waals surface area (Å²) in [4.78, 5) is 14.0. The highest BCUT2D eigenvalue weighted by Crippen LogP contribution is 2.39. The molecule has 1 aromatic rings. The van der Waals surface area contributed by atoms with Gasteiger partial charge in [0.15, 0.2) is 0 Å². The number of hydrogen-bond acceptors (Lipinski definition) is 5. The van der Waals surface area contributed by atoms with Crippen LogP contribution in [0.4, 0.5) is 0 Å². The molecule has 1 unspecified atom stereocenters. The first-order chi connectivity index (χ1) is 6.26. The molecule has 1 aromatic heterocycles. The molecule has 0 radical (unpaired) electrons. The van der Waals surface area contributed by atoms with Crippen molar-refractivity contribution in [3.63, 3.8) is 0 Å². The molecule has 2 heterocycles. The first-order valence-corrected chi connectivity index (χ1v) is 5.25. The van der Waals surface area contributed by atoms with E-state index in [9.17, 15) is 4.79 Å². The molecular weight excluding hydrogens is 208 g/mol. The molecule has 0 aliphatic carbocycles. The molecule has 1 atom stereocenters. The Morgan fingerprint density at radius 1 is 1.69 bits per heavy atom. The van der Waals surface area contributed by atoms with Gasteiger partial charge in [0.2, 0.25) is 4.87 Å². The van der Waals surface area contributed by atoms with Crippen LogP contribution >= 0.6 is 23.1 Å². The second-order valence-electron chi connectivity index (χ2n) is 2.39. The van der Waals surface area contributed by atoms with E-state index in [2.05, 4.69) is 10.3 Å². The number of aliphatic carboxylic acids is 1. The molecule has 13 heavy (non-hydrogen) atoms. The van der Waals surface area contributed by atoms with Gasteiger partial charge in [-0.25, -0.2) is 9.78 Å². The van der Waals surface area contributed by atoms with Gasteiger partial charge in [0.25, 0.3) is 0 Å². The first kappa shape index (κ1) is 8.58. The van der Waals surface area contributed by atoms with Gasteiger partial charge >= 0.3 is 5.97 Å². The van der Waals surface area contributed by atoms with E-state index in [1.165, 1.54) is 23.1 Å². The number of carboxylic acid groups (broad SMARTS) is 1. The van der Waals surface area contributed by atoms with Crippen LogP contribution in [0.2, 0.25) is 0 Å². The van der Waals surface area contributed by atoms with Gasteiger partial charge in [0, 0.05) is 17.8 Å². The highest BCUT2D eigenvalue weighted by Gasteiger charge is 2.44. The predicted molar refractivity (Wildman–Crippen MR) is 51.3 cm³/mol. The molecule has 1 aliphatic heterocycles. The van der Waals surface area contributed by atoms with Gasteiger partial charge in [0.05, 0.1) is 0 Å². The average Bonchev–Trinajstić information content (AvgIpc) is 2.75. The van der Waals surface area contributed by atoms with Crippen molar-refractivity contribution in [3.8, 4) is 0 Å². The van der Waals surface area contributed by atoms with Gasteiger partial charge in [-0.3, -0.25) is 0 Å². The minimum atomic E-state index is -1.10. The lowest BCUT2D eigenvalue weighted by molar-refractivity contribution is -0.140. The van der Waals surface area contributed by atoms with Crippen LogP contribution in [0, 0.1) is 0 Å². The molecule has 0 saturated heterocycles. The van der Waals surface area contributed by atoms with Gasteiger partial charge < -0.3 is 10.4 Å². The molecule has 68 valence electrons. The standard InChI is InChI=1S/C7H6N2O2S2/c10-6(11)7(9-2-4-13-7)5-8-1-3-12-5/h1-4,9H,(H,10,11). The fourth-order valence-corrected chi connectivity index (χ4v) is 2.74. The van der Waals surface area contributed by atoms with Gasteiger partial charge in [-0.15, -0.1) is 11.3 Å². The second-order valence-corrected chi connectivity index (χ2v) is 4.40. The number of thioether (sulfide) groups is 1. The van der Waals surface area contributed by atoms with Gasteiger partial charge in [0.1, 0.15) is 5.01 Å². The molecular formula is C7H6N2O2S2. The number of hydrogen-bond donors (Lipinski definition) is 2. The molecule has 4 nitrogen and oxygen atoms in total. The largest absolute Gasteiger partial charge is 0.479 e. The van der Waals surface area contributed by atoms with Crippen molar-refractivity contribution in [3.05, 3.63) is 28.2 Å². The van der Waals surface area contributed by atoms with E-state index in [-0.39, 0.29) is 0 Å². The highest BCUT2D eigenvalue weighted by molar-refractivity contribution is 8.04. The predicted octanol–water partition coefficient (Wildman–Crippen LogP) is 1.19. The van der Waals surface area contributed by atoms with Crippen molar-refractivity contribution < 1.29 is 9.90 Å². The van der Waals surface area contributed by atoms with Crippen LogP contribution < -0.4 is 5.32 Å². The molecule has 0 saturated carbocycles. The van der Waals surface area contributed by atoms with Gasteiger partial charge in [-0.05, 0) is 5.41 Å². The van der Waals surface area contributed by atoms with Crippen LogP contribution in [0.1, 0.15) is 5.01 Å². The van der Waals surface area contributed by atoms with Crippen molar-refractivity contribution in [2.45, 2.75) is 4.87 Å². The van der Waals surface area contributed by atoms with Crippen LogP contribution in [0.15, 0.2) is 23.2 Å². The third-order valence-corrected chi connectivity index (χ3v) is 3.77. The summed E-state index contributed by atoms with van der Waals surface area (Å²) in [6, 6.07) is 0. The summed E-state index contributed by atoms with van der Waals surface area (Å²) >= 11 is 2.54. The van der Waals surface area contributed by atoms with Crippen LogP contribution in [0.5, 0.6) is 0 Å². The summed E-state index contributed by atoms with van der Waals surface area (Å²) < 4.78 is 0. The quantitative estimate of drug-likeness (QED) is 0.774. The molecule has 0 amide bonds. The normalized spacial score (nSPS) is 25.8. The maximum atomic E-state index is 11.1. The number of nitrogens with one attached hydrogen (secondary N) is 1. The van der Waals surface area contributed by atoms with E-state index in [1.807, 2.05) is 0 Å². The summed E-state index contributed by atoms with van der Waals surface area (Å²) in [6.07, 6.45) is 3.23. The maximum absolute atomic E-state index is 11.1. The van der Waals surface area contributed by atoms with Crippen LogP contribution in [-0.2, 0) is 9.67 Å². The summed E-state index contributed by atoms with van der Waals surface area (Å²) in [5.74, 6) is -0.919. The van der Waals surface area contributed by atoms with E-state index in [0.717, 1.165) is 0 Å². The number of aromatic nitrogens is 1. The molecule has 2 rings (SSSR count). The summed E-state index contributed by atoms with van der Waals surface area (Å²) in [5.41, 5.74) is 0. The molecule has 1 aliphatic rings. The van der Waals surface area contributed by atoms with E-state index < -0.39 is 10.8 Å². The van der Waals surface area contributed by atoms with E-state index in [4.69, 9.17) is 5.11 Å². The number of rotatable bonds is 2. The molecule has 0 aromatic carbocycles. The average molecular weight is 214 g/mol. The zero-order valence-corrected chi connectivity index (χ0v) is 8.06. The zero-order chi connectivity index (χ0) is 9.31. The Hall–Kier alpha value is -1.01. The molecule has 0 fully saturated rings. The van der Waals surface area contributed by atoms with Crippen molar-refractivity contribution in [1.82, 2.24) is 10.3 Å². The van der Waals surface area contributed by atoms with Crippen molar-refractivity contribution >= 4 is 29.1 Å². The Bertz CT molecular complexity index is 339. The van der Waals surface area contributed by atoms with Crippen LogP contribution in [0.3, 0.4) is 0 Å². The Morgan fingerprint density at radius 2 is 2.54 bits per heavy atom. The minimum Gasteiger partial charge on any atom is -0.479 e. The van der Waals surface area contributed by atoms with Crippen molar-refractivity contribution in [2.75, 3.05) is 0 Å². The van der Waals surface area contributed by atoms with Gasteiger partial charge in [-0.1, -0.05) is 11.8 Å². The van der Waals surface area contributed by atoms with E-state index >= 15 is 0 Å². The summed E-state index contributed by atoms with van der Waals surface area (Å²) in [5, 5.41) is 15.9. The zero-order valence-electron chi connectivity index (χ0n) is 6.43. The lowest BCUT2D eigenvalue weighted by Gasteiger charge is -2.20. The third kappa shape index (κ3) is 1.22. The third-order valence-electron chi connectivity index (χ3n) is 1.63. The first-order valence-electron chi connectivity index (χ1n) is 3.49. The Kier molecular flexibility index (Phi) is 2.01. The lowest BCUT2D eigenvalue weighted by atomic mass is 10.3. The summed E-state index contributed by atoms with van der Waals surface area (Å²) in [6.45, 7) is 0. The highest BCUT2D eigenvalue weighted by atomic mass is 32.2. The number of thiazole rings is 1. The number of carbonyl (C=O) groups is 1. The maximum Gasteiger partial charge on any atom is 0.347 e. The van der Waals surface area contributed by atoms with Crippen LogP contribution in [0.25, 0.3) is 0 Å². The fourth-order valence-electron chi connectivity index (χ4n) is 1.03. The number of carboxylic acids is 1. The minimum absolute atomic E-state index is 0.565. The molecule has 6 heteroatoms. The SMILES string of the molecule is O=C(O)C1(c2nccs2)NC=CS1. The van der Waals surface area contributed by atoms with Crippen molar-refractivity contribution in [2.24, 2.45) is 0 Å². The Balaban J connectivity index is 2.41. The second kappa shape index (κ2) is 3.04. The van der Waals surface area contributed by atoms with Crippen molar-refractivity contribution in [1.29, 1.82) is 0 Å². The monoisotopic (exact) mass is 214 g/mol. The fraction of sp³-hybridized carbons (Fsp3) is 0.143. The molecule has 0 bridgehead atoms. The lowest BCUT2D eigenvalue weighted by Crippen LogP contribution is -2.41. The smallest absolute Gasteiger partial charge is 0.347 e. The van der Waals surface area contributed by atoms with Gasteiger partial charge in [-0.2, -0.15) is 0 Å². The van der Waals surface area contributed by atoms with Crippen LogP contribution in [-0.4, -0.2) is 16.1 Å². The number of nitrogens with zero attached hydrogens (tertiary/aromatic N) is 1. The van der Waals surface area contributed by atoms with E-state index in [1.54, 1.807) is 23.2 Å². The Morgan fingerprint density at radius 3 is 3.00 bits per heavy atom. The van der Waals surface area contributed by atoms with E-state index in [0.29, 0.717) is 5.01 Å². The topological polar surface area (TPSA) is 62.2 Å². The summed E-state index contributed by atoms with van der Waals surface area (Å²) in [7, 11) is 0. The molecule has 2 N–H and O–H groups in total.